The van der Waals surface area contributed by atoms with Gasteiger partial charge in [-0.05, 0) is 24.8 Å². The van der Waals surface area contributed by atoms with Crippen molar-refractivity contribution < 1.29 is 4.79 Å². The van der Waals surface area contributed by atoms with E-state index in [-0.39, 0.29) is 5.78 Å². The van der Waals surface area contributed by atoms with Crippen molar-refractivity contribution in [2.75, 3.05) is 0 Å². The molecular formula is C12H13ClN2OS. The van der Waals surface area contributed by atoms with Gasteiger partial charge >= 0.3 is 0 Å². The van der Waals surface area contributed by atoms with E-state index in [2.05, 4.69) is 5.10 Å². The molecule has 0 amide bonds. The Bertz CT molecular complexity index is 571. The lowest BCUT2D eigenvalue weighted by Crippen LogP contribution is -2.08. The normalized spacial score (nSPS) is 10.8. The largest absolute Gasteiger partial charge is 0.294 e. The number of carbonyl (C=O) groups excluding carboxylic acids is 1. The van der Waals surface area contributed by atoms with Gasteiger partial charge in [-0.15, -0.1) is 0 Å². The highest BCUT2D eigenvalue weighted by Crippen LogP contribution is 2.22. The molecular weight excluding hydrogens is 256 g/mol. The topological polar surface area (TPSA) is 34.9 Å². The number of Topliss-reactive ketones (excluding diaryl/α,β-unsaturated/α-hetero) is 1. The van der Waals surface area contributed by atoms with E-state index in [1.54, 1.807) is 16.0 Å². The van der Waals surface area contributed by atoms with Crippen molar-refractivity contribution in [2.45, 2.75) is 20.3 Å². The van der Waals surface area contributed by atoms with Crippen LogP contribution in [0, 0.1) is 13.8 Å². The second-order valence-corrected chi connectivity index (χ2v) is 5.16. The average Bonchev–Trinajstić information content (AvgIpc) is 2.78. The van der Waals surface area contributed by atoms with Crippen molar-refractivity contribution in [2.24, 2.45) is 7.05 Å². The molecule has 5 heteroatoms. The lowest BCUT2D eigenvalue weighted by molar-refractivity contribution is 0.0990. The molecule has 2 aromatic heterocycles. The molecule has 2 aromatic rings. The van der Waals surface area contributed by atoms with Gasteiger partial charge in [0.25, 0.3) is 0 Å². The van der Waals surface area contributed by atoms with Crippen molar-refractivity contribution in [3.8, 4) is 0 Å². The van der Waals surface area contributed by atoms with Crippen LogP contribution in [-0.2, 0) is 13.5 Å². The number of thiophene rings is 1. The molecule has 0 fully saturated rings. The smallest absolute Gasteiger partial charge is 0.169 e. The van der Waals surface area contributed by atoms with Gasteiger partial charge in [0, 0.05) is 18.0 Å². The molecule has 2 rings (SSSR count). The third-order valence-corrected chi connectivity index (χ3v) is 4.10. The van der Waals surface area contributed by atoms with Gasteiger partial charge in [0.2, 0.25) is 0 Å². The van der Waals surface area contributed by atoms with Crippen molar-refractivity contribution in [1.29, 1.82) is 0 Å². The maximum absolute atomic E-state index is 12.1. The summed E-state index contributed by atoms with van der Waals surface area (Å²) in [5.41, 5.74) is 3.35. The van der Waals surface area contributed by atoms with E-state index in [0.29, 0.717) is 11.4 Å². The van der Waals surface area contributed by atoms with Crippen LogP contribution in [0.1, 0.15) is 27.3 Å². The number of aromatic nitrogens is 2. The maximum Gasteiger partial charge on any atom is 0.169 e. The van der Waals surface area contributed by atoms with E-state index in [1.165, 1.54) is 0 Å². The van der Waals surface area contributed by atoms with Gasteiger partial charge in [0.15, 0.2) is 5.78 Å². The molecule has 0 unspecified atom stereocenters. The number of nitrogens with zero attached hydrogens (tertiary/aromatic N) is 2. The van der Waals surface area contributed by atoms with Crippen LogP contribution in [0.15, 0.2) is 10.8 Å². The molecule has 0 aliphatic carbocycles. The summed E-state index contributed by atoms with van der Waals surface area (Å²) >= 11 is 7.67. The number of hydrogen-bond donors (Lipinski definition) is 0. The van der Waals surface area contributed by atoms with Gasteiger partial charge in [-0.1, -0.05) is 11.6 Å². The first-order valence-electron chi connectivity index (χ1n) is 5.24. The minimum absolute atomic E-state index is 0.0913. The zero-order valence-corrected chi connectivity index (χ0v) is 11.5. The predicted octanol–water partition coefficient (Wildman–Crippen LogP) is 3.18. The minimum Gasteiger partial charge on any atom is -0.294 e. The van der Waals surface area contributed by atoms with Crippen LogP contribution in [0.2, 0.25) is 5.02 Å². The molecule has 0 saturated carbocycles. The standard InChI is InChI=1S/C12H13ClN2OS/c1-7-5-17-6-9(7)11(16)4-10-12(13)8(2)14-15(10)3/h5-6H,4H2,1-3H3. The van der Waals surface area contributed by atoms with Crippen LogP contribution >= 0.6 is 22.9 Å². The molecule has 0 saturated heterocycles. The summed E-state index contributed by atoms with van der Waals surface area (Å²) in [6, 6.07) is 0. The fourth-order valence-electron chi connectivity index (χ4n) is 1.77. The molecule has 0 N–H and O–H groups in total. The second-order valence-electron chi connectivity index (χ2n) is 4.04. The first-order valence-corrected chi connectivity index (χ1v) is 6.56. The number of hydrogen-bond acceptors (Lipinski definition) is 3. The fraction of sp³-hybridized carbons (Fsp3) is 0.333. The van der Waals surface area contributed by atoms with Crippen LogP contribution in [0.25, 0.3) is 0 Å². The highest BCUT2D eigenvalue weighted by atomic mass is 35.5. The molecule has 0 atom stereocenters. The quantitative estimate of drug-likeness (QED) is 0.802. The molecule has 0 bridgehead atoms. The summed E-state index contributed by atoms with van der Waals surface area (Å²) in [7, 11) is 1.81. The zero-order chi connectivity index (χ0) is 12.6. The monoisotopic (exact) mass is 268 g/mol. The number of aryl methyl sites for hydroxylation is 3. The summed E-state index contributed by atoms with van der Waals surface area (Å²) in [6.07, 6.45) is 0.299. The highest BCUT2D eigenvalue weighted by molar-refractivity contribution is 7.08. The zero-order valence-electron chi connectivity index (χ0n) is 9.95. The van der Waals surface area contributed by atoms with Gasteiger partial charge in [-0.25, -0.2) is 0 Å². The van der Waals surface area contributed by atoms with Gasteiger partial charge in [0.1, 0.15) is 0 Å². The third kappa shape index (κ3) is 2.28. The number of ketones is 1. The lowest BCUT2D eigenvalue weighted by atomic mass is 10.1. The van der Waals surface area contributed by atoms with Crippen molar-refractivity contribution in [1.82, 2.24) is 9.78 Å². The highest BCUT2D eigenvalue weighted by Gasteiger charge is 2.17. The fourth-order valence-corrected chi connectivity index (χ4v) is 2.85. The Morgan fingerprint density at radius 2 is 2.18 bits per heavy atom. The first kappa shape index (κ1) is 12.3. The number of halogens is 1. The van der Waals surface area contributed by atoms with E-state index in [1.807, 2.05) is 31.7 Å². The lowest BCUT2D eigenvalue weighted by Gasteiger charge is -2.02. The van der Waals surface area contributed by atoms with Gasteiger partial charge in [0.05, 0.1) is 22.8 Å². The third-order valence-electron chi connectivity index (χ3n) is 2.75. The minimum atomic E-state index is 0.0913. The van der Waals surface area contributed by atoms with Crippen molar-refractivity contribution >= 4 is 28.7 Å². The van der Waals surface area contributed by atoms with Crippen molar-refractivity contribution in [3.63, 3.8) is 0 Å². The van der Waals surface area contributed by atoms with Crippen LogP contribution in [-0.4, -0.2) is 15.6 Å². The average molecular weight is 269 g/mol. The van der Waals surface area contributed by atoms with Gasteiger partial charge < -0.3 is 0 Å². The van der Waals surface area contributed by atoms with Gasteiger partial charge in [-0.3, -0.25) is 9.48 Å². The van der Waals surface area contributed by atoms with Crippen LogP contribution < -0.4 is 0 Å². The summed E-state index contributed by atoms with van der Waals surface area (Å²) in [5.74, 6) is 0.0913. The Kier molecular flexibility index (Phi) is 3.35. The van der Waals surface area contributed by atoms with E-state index < -0.39 is 0 Å². The summed E-state index contributed by atoms with van der Waals surface area (Å²) in [6.45, 7) is 3.78. The molecule has 90 valence electrons. The Labute approximate surface area is 109 Å². The number of carbonyl (C=O) groups is 1. The van der Waals surface area contributed by atoms with E-state index >= 15 is 0 Å². The second kappa shape index (κ2) is 4.63. The molecule has 0 spiro atoms. The van der Waals surface area contributed by atoms with Crippen LogP contribution in [0.3, 0.4) is 0 Å². The molecule has 3 nitrogen and oxygen atoms in total. The van der Waals surface area contributed by atoms with E-state index in [4.69, 9.17) is 11.6 Å². The Balaban J connectivity index is 2.28. The summed E-state index contributed by atoms with van der Waals surface area (Å²) in [5, 5.41) is 8.65. The summed E-state index contributed by atoms with van der Waals surface area (Å²) in [4.78, 5) is 12.1. The number of rotatable bonds is 3. The molecule has 0 radical (unpaired) electrons. The first-order chi connectivity index (χ1) is 8.00. The van der Waals surface area contributed by atoms with Crippen molar-refractivity contribution in [3.05, 3.63) is 38.3 Å². The van der Waals surface area contributed by atoms with Gasteiger partial charge in [-0.2, -0.15) is 16.4 Å². The SMILES string of the molecule is Cc1cscc1C(=O)Cc1c(Cl)c(C)nn1C. The molecule has 2 heterocycles. The molecule has 0 aromatic carbocycles. The van der Waals surface area contributed by atoms with Crippen LogP contribution in [0.4, 0.5) is 0 Å². The predicted molar refractivity (Wildman–Crippen MR) is 70.0 cm³/mol. The Hall–Kier alpha value is -1.13. The van der Waals surface area contributed by atoms with Crippen LogP contribution in [0.5, 0.6) is 0 Å². The summed E-state index contributed by atoms with van der Waals surface area (Å²) < 4.78 is 1.68. The maximum atomic E-state index is 12.1. The Morgan fingerprint density at radius 1 is 1.47 bits per heavy atom. The molecule has 17 heavy (non-hydrogen) atoms. The molecule has 0 aliphatic rings. The molecule has 0 aliphatic heterocycles. The van der Waals surface area contributed by atoms with E-state index in [0.717, 1.165) is 22.5 Å². The Morgan fingerprint density at radius 3 is 2.65 bits per heavy atom. The van der Waals surface area contributed by atoms with E-state index in [9.17, 15) is 4.79 Å².